The lowest BCUT2D eigenvalue weighted by Crippen LogP contribution is -1.94. The summed E-state index contributed by atoms with van der Waals surface area (Å²) in [5, 5.41) is 9.01. The van der Waals surface area contributed by atoms with Crippen molar-refractivity contribution in [3.63, 3.8) is 0 Å². The van der Waals surface area contributed by atoms with Crippen molar-refractivity contribution in [2.24, 2.45) is 0 Å². The fourth-order valence-corrected chi connectivity index (χ4v) is 2.90. The van der Waals surface area contributed by atoms with E-state index in [-0.39, 0.29) is 6.61 Å². The summed E-state index contributed by atoms with van der Waals surface area (Å²) in [6.45, 7) is 0.0839. The standard InChI is InChI=1S/C8H8I2O2/c1-12-5-2-7(9)6(4-11)8(10)3-5/h2-3,11H,4H2,1H3. The van der Waals surface area contributed by atoms with Crippen LogP contribution in [0, 0.1) is 7.14 Å². The predicted molar refractivity (Wildman–Crippen MR) is 64.4 cm³/mol. The summed E-state index contributed by atoms with van der Waals surface area (Å²) in [7, 11) is 1.64. The molecule has 0 spiro atoms. The molecule has 2 nitrogen and oxygen atoms in total. The van der Waals surface area contributed by atoms with E-state index < -0.39 is 0 Å². The molecule has 0 aliphatic heterocycles. The van der Waals surface area contributed by atoms with Gasteiger partial charge in [0.15, 0.2) is 0 Å². The zero-order valence-corrected chi connectivity index (χ0v) is 10.8. The van der Waals surface area contributed by atoms with Crippen LogP contribution in [0.5, 0.6) is 5.75 Å². The highest BCUT2D eigenvalue weighted by atomic mass is 127. The van der Waals surface area contributed by atoms with Crippen molar-refractivity contribution in [3.05, 3.63) is 24.8 Å². The summed E-state index contributed by atoms with van der Waals surface area (Å²) in [4.78, 5) is 0. The Morgan fingerprint density at radius 2 is 1.83 bits per heavy atom. The minimum absolute atomic E-state index is 0.0839. The van der Waals surface area contributed by atoms with Crippen LogP contribution in [-0.4, -0.2) is 12.2 Å². The Labute approximate surface area is 98.6 Å². The van der Waals surface area contributed by atoms with E-state index >= 15 is 0 Å². The highest BCUT2D eigenvalue weighted by Gasteiger charge is 2.05. The number of rotatable bonds is 2. The second kappa shape index (κ2) is 4.61. The monoisotopic (exact) mass is 390 g/mol. The molecule has 0 atom stereocenters. The number of ether oxygens (including phenoxy) is 1. The van der Waals surface area contributed by atoms with Crippen molar-refractivity contribution >= 4 is 45.2 Å². The molecule has 0 heterocycles. The Hall–Kier alpha value is 0.440. The summed E-state index contributed by atoms with van der Waals surface area (Å²) in [5.41, 5.74) is 0.969. The topological polar surface area (TPSA) is 29.5 Å². The van der Waals surface area contributed by atoms with E-state index in [0.29, 0.717) is 0 Å². The molecule has 0 amide bonds. The van der Waals surface area contributed by atoms with E-state index in [2.05, 4.69) is 45.2 Å². The van der Waals surface area contributed by atoms with Crippen molar-refractivity contribution in [2.45, 2.75) is 6.61 Å². The van der Waals surface area contributed by atoms with Gasteiger partial charge in [-0.3, -0.25) is 0 Å². The molecule has 66 valence electrons. The van der Waals surface area contributed by atoms with Crippen LogP contribution in [0.1, 0.15) is 5.56 Å². The molecule has 12 heavy (non-hydrogen) atoms. The van der Waals surface area contributed by atoms with Gasteiger partial charge in [-0.15, -0.1) is 0 Å². The smallest absolute Gasteiger partial charge is 0.120 e. The van der Waals surface area contributed by atoms with Crippen LogP contribution >= 0.6 is 45.2 Å². The summed E-state index contributed by atoms with van der Waals surface area (Å²) in [6, 6.07) is 3.82. The highest BCUT2D eigenvalue weighted by molar-refractivity contribution is 14.1. The van der Waals surface area contributed by atoms with Crippen LogP contribution in [0.2, 0.25) is 0 Å². The van der Waals surface area contributed by atoms with Gasteiger partial charge < -0.3 is 9.84 Å². The Morgan fingerprint density at radius 3 is 2.17 bits per heavy atom. The molecule has 0 aromatic heterocycles. The maximum absolute atomic E-state index is 9.01. The molecule has 0 aliphatic rings. The maximum atomic E-state index is 9.01. The van der Waals surface area contributed by atoms with E-state index in [4.69, 9.17) is 9.84 Å². The second-order valence-electron chi connectivity index (χ2n) is 2.23. The molecule has 0 unspecified atom stereocenters. The summed E-state index contributed by atoms with van der Waals surface area (Å²) >= 11 is 4.38. The second-order valence-corrected chi connectivity index (χ2v) is 4.55. The first-order chi connectivity index (χ1) is 5.69. The minimum Gasteiger partial charge on any atom is -0.497 e. The summed E-state index contributed by atoms with van der Waals surface area (Å²) in [6.07, 6.45) is 0. The first-order valence-electron chi connectivity index (χ1n) is 3.31. The highest BCUT2D eigenvalue weighted by Crippen LogP contribution is 2.25. The SMILES string of the molecule is COc1cc(I)c(CO)c(I)c1. The Kier molecular flexibility index (Phi) is 4.04. The molecule has 4 heteroatoms. The largest absolute Gasteiger partial charge is 0.497 e. The lowest BCUT2D eigenvalue weighted by molar-refractivity contribution is 0.280. The van der Waals surface area contributed by atoms with Gasteiger partial charge in [-0.1, -0.05) is 0 Å². The normalized spacial score (nSPS) is 10.0. The molecule has 0 saturated carbocycles. The zero-order chi connectivity index (χ0) is 9.14. The van der Waals surface area contributed by atoms with Gasteiger partial charge in [-0.25, -0.2) is 0 Å². The van der Waals surface area contributed by atoms with Crippen LogP contribution in [0.3, 0.4) is 0 Å². The molecule has 0 bridgehead atoms. The number of hydrogen-bond donors (Lipinski definition) is 1. The van der Waals surface area contributed by atoms with Gasteiger partial charge >= 0.3 is 0 Å². The average molecular weight is 390 g/mol. The van der Waals surface area contributed by atoms with Crippen LogP contribution in [-0.2, 0) is 6.61 Å². The van der Waals surface area contributed by atoms with E-state index in [9.17, 15) is 0 Å². The molecule has 1 aromatic carbocycles. The minimum atomic E-state index is 0.0839. The average Bonchev–Trinajstić information content (AvgIpc) is 2.03. The number of aliphatic hydroxyl groups excluding tert-OH is 1. The van der Waals surface area contributed by atoms with Gasteiger partial charge in [-0.2, -0.15) is 0 Å². The zero-order valence-electron chi connectivity index (χ0n) is 6.47. The molecule has 0 fully saturated rings. The molecule has 1 aromatic rings. The predicted octanol–water partition coefficient (Wildman–Crippen LogP) is 2.40. The number of halogens is 2. The molecule has 0 saturated heterocycles. The van der Waals surface area contributed by atoms with Crippen LogP contribution in [0.15, 0.2) is 12.1 Å². The third-order valence-corrected chi connectivity index (χ3v) is 3.43. The fraction of sp³-hybridized carbons (Fsp3) is 0.250. The first-order valence-corrected chi connectivity index (χ1v) is 5.47. The molecule has 0 radical (unpaired) electrons. The number of hydrogen-bond acceptors (Lipinski definition) is 2. The van der Waals surface area contributed by atoms with Crippen molar-refractivity contribution in [1.82, 2.24) is 0 Å². The van der Waals surface area contributed by atoms with Gasteiger partial charge in [0.05, 0.1) is 13.7 Å². The van der Waals surface area contributed by atoms with Crippen molar-refractivity contribution in [3.8, 4) is 5.75 Å². The van der Waals surface area contributed by atoms with E-state index in [1.807, 2.05) is 12.1 Å². The molecule has 1 rings (SSSR count). The van der Waals surface area contributed by atoms with E-state index in [1.54, 1.807) is 7.11 Å². The Bertz CT molecular complexity index is 263. The quantitative estimate of drug-likeness (QED) is 0.787. The molecular weight excluding hydrogens is 382 g/mol. The van der Waals surface area contributed by atoms with Crippen LogP contribution in [0.25, 0.3) is 0 Å². The van der Waals surface area contributed by atoms with Gasteiger partial charge in [-0.05, 0) is 57.3 Å². The number of benzene rings is 1. The summed E-state index contributed by atoms with van der Waals surface area (Å²) in [5.74, 6) is 0.834. The molecular formula is C8H8I2O2. The lowest BCUT2D eigenvalue weighted by Gasteiger charge is -2.06. The van der Waals surface area contributed by atoms with Gasteiger partial charge in [0.25, 0.3) is 0 Å². The van der Waals surface area contributed by atoms with Gasteiger partial charge in [0.1, 0.15) is 5.75 Å². The molecule has 0 aliphatic carbocycles. The van der Waals surface area contributed by atoms with Crippen LogP contribution in [0.4, 0.5) is 0 Å². The van der Waals surface area contributed by atoms with Crippen molar-refractivity contribution in [1.29, 1.82) is 0 Å². The van der Waals surface area contributed by atoms with Gasteiger partial charge in [0.2, 0.25) is 0 Å². The van der Waals surface area contributed by atoms with Gasteiger partial charge in [0, 0.05) is 12.7 Å². The van der Waals surface area contributed by atoms with Crippen molar-refractivity contribution in [2.75, 3.05) is 7.11 Å². The van der Waals surface area contributed by atoms with E-state index in [0.717, 1.165) is 18.5 Å². The third kappa shape index (κ3) is 2.23. The number of aliphatic hydroxyl groups is 1. The van der Waals surface area contributed by atoms with Crippen molar-refractivity contribution < 1.29 is 9.84 Å². The summed E-state index contributed by atoms with van der Waals surface area (Å²) < 4.78 is 7.17. The van der Waals surface area contributed by atoms with E-state index in [1.165, 1.54) is 0 Å². The Morgan fingerprint density at radius 1 is 1.33 bits per heavy atom. The maximum Gasteiger partial charge on any atom is 0.120 e. The molecule has 1 N–H and O–H groups in total. The third-order valence-electron chi connectivity index (χ3n) is 1.51. The van der Waals surface area contributed by atoms with Crippen LogP contribution < -0.4 is 4.74 Å². The lowest BCUT2D eigenvalue weighted by atomic mass is 10.2. The number of methoxy groups -OCH3 is 1. The first kappa shape index (κ1) is 10.5. The Balaban J connectivity index is 3.18. The fourth-order valence-electron chi connectivity index (χ4n) is 0.849.